The number of benzene rings is 1. The van der Waals surface area contributed by atoms with Crippen molar-refractivity contribution in [2.45, 2.75) is 17.2 Å². The molecule has 0 aliphatic carbocycles. The zero-order valence-electron chi connectivity index (χ0n) is 13.6. The summed E-state index contributed by atoms with van der Waals surface area (Å²) in [6.45, 7) is 0.848. The first-order valence-electron chi connectivity index (χ1n) is 7.90. The van der Waals surface area contributed by atoms with Gasteiger partial charge in [0.15, 0.2) is 5.03 Å². The number of hydrogen-bond acceptors (Lipinski definition) is 5. The number of H-pyrrole nitrogens is 1. The largest absolute Gasteiger partial charge is 0.335 e. The molecule has 1 fully saturated rings. The van der Waals surface area contributed by atoms with E-state index in [4.69, 9.17) is 0 Å². The van der Waals surface area contributed by atoms with E-state index in [0.29, 0.717) is 18.5 Å². The molecule has 2 aromatic rings. The minimum Gasteiger partial charge on any atom is -0.335 e. The fourth-order valence-electron chi connectivity index (χ4n) is 2.79. The summed E-state index contributed by atoms with van der Waals surface area (Å²) in [4.78, 5) is 6.34. The maximum absolute atomic E-state index is 12.6. The van der Waals surface area contributed by atoms with Gasteiger partial charge in [0.1, 0.15) is 0 Å². The molecule has 0 atom stereocenters. The van der Waals surface area contributed by atoms with E-state index in [1.807, 2.05) is 6.07 Å². The van der Waals surface area contributed by atoms with Gasteiger partial charge in [-0.1, -0.05) is 30.3 Å². The number of imidazole rings is 1. The SMILES string of the molecule is O=S(=O)(Cc1ccccc1)N1CCCN(S(=O)(=O)c2cnc[nH]2)CC1. The zero-order chi connectivity index (χ0) is 17.9. The third-order valence-corrected chi connectivity index (χ3v) is 7.76. The molecule has 3 rings (SSSR count). The van der Waals surface area contributed by atoms with Gasteiger partial charge in [-0.3, -0.25) is 0 Å². The van der Waals surface area contributed by atoms with Crippen LogP contribution in [0.2, 0.25) is 0 Å². The van der Waals surface area contributed by atoms with Crippen LogP contribution in [0.25, 0.3) is 0 Å². The van der Waals surface area contributed by atoms with Crippen LogP contribution >= 0.6 is 0 Å². The Morgan fingerprint density at radius 3 is 2.32 bits per heavy atom. The van der Waals surface area contributed by atoms with E-state index in [9.17, 15) is 16.8 Å². The van der Waals surface area contributed by atoms with Gasteiger partial charge in [-0.25, -0.2) is 26.1 Å². The molecule has 0 unspecified atom stereocenters. The second kappa shape index (κ2) is 7.24. The molecule has 2 heterocycles. The van der Waals surface area contributed by atoms with Crippen molar-refractivity contribution in [3.8, 4) is 0 Å². The second-order valence-corrected chi connectivity index (χ2v) is 9.69. The van der Waals surface area contributed by atoms with Crippen molar-refractivity contribution in [2.24, 2.45) is 0 Å². The normalized spacial score (nSPS) is 18.1. The predicted octanol–water partition coefficient (Wildman–Crippen LogP) is 0.636. The van der Waals surface area contributed by atoms with Crippen LogP contribution in [-0.4, -0.2) is 61.6 Å². The maximum atomic E-state index is 12.6. The van der Waals surface area contributed by atoms with E-state index >= 15 is 0 Å². The monoisotopic (exact) mass is 384 g/mol. The molecule has 0 amide bonds. The second-order valence-electron chi connectivity index (χ2n) is 5.81. The lowest BCUT2D eigenvalue weighted by molar-refractivity contribution is 0.403. The Kier molecular flexibility index (Phi) is 5.23. The van der Waals surface area contributed by atoms with Gasteiger partial charge in [-0.2, -0.15) is 4.31 Å². The van der Waals surface area contributed by atoms with Crippen molar-refractivity contribution in [2.75, 3.05) is 26.2 Å². The Bertz CT molecular complexity index is 896. The van der Waals surface area contributed by atoms with Crippen LogP contribution < -0.4 is 0 Å². The Morgan fingerprint density at radius 2 is 1.64 bits per heavy atom. The molecule has 1 aromatic carbocycles. The van der Waals surface area contributed by atoms with Crippen LogP contribution in [0.4, 0.5) is 0 Å². The maximum Gasteiger partial charge on any atom is 0.260 e. The van der Waals surface area contributed by atoms with Gasteiger partial charge in [0.05, 0.1) is 18.3 Å². The smallest absolute Gasteiger partial charge is 0.260 e. The fourth-order valence-corrected chi connectivity index (χ4v) is 5.72. The highest BCUT2D eigenvalue weighted by Crippen LogP contribution is 2.18. The van der Waals surface area contributed by atoms with Crippen LogP contribution in [0.3, 0.4) is 0 Å². The lowest BCUT2D eigenvalue weighted by atomic mass is 10.2. The Hall–Kier alpha value is -1.75. The van der Waals surface area contributed by atoms with Gasteiger partial charge in [-0.15, -0.1) is 0 Å². The number of sulfonamides is 2. The summed E-state index contributed by atoms with van der Waals surface area (Å²) >= 11 is 0. The van der Waals surface area contributed by atoms with E-state index in [2.05, 4.69) is 9.97 Å². The Labute approximate surface area is 147 Å². The van der Waals surface area contributed by atoms with Gasteiger partial charge < -0.3 is 4.98 Å². The van der Waals surface area contributed by atoms with E-state index < -0.39 is 20.0 Å². The molecule has 1 saturated heterocycles. The summed E-state index contributed by atoms with van der Waals surface area (Å²) in [7, 11) is -7.17. The molecule has 0 saturated carbocycles. The van der Waals surface area contributed by atoms with Crippen LogP contribution in [-0.2, 0) is 25.8 Å². The van der Waals surface area contributed by atoms with Crippen LogP contribution in [0, 0.1) is 0 Å². The molecular weight excluding hydrogens is 364 g/mol. The first-order valence-corrected chi connectivity index (χ1v) is 10.9. The third-order valence-electron chi connectivity index (χ3n) is 4.09. The van der Waals surface area contributed by atoms with Gasteiger partial charge >= 0.3 is 0 Å². The summed E-state index contributed by atoms with van der Waals surface area (Å²) in [6, 6.07) is 8.97. The number of hydrogen-bond donors (Lipinski definition) is 1. The third kappa shape index (κ3) is 4.09. The van der Waals surface area contributed by atoms with Gasteiger partial charge in [0, 0.05) is 26.2 Å². The molecule has 0 spiro atoms. The highest BCUT2D eigenvalue weighted by molar-refractivity contribution is 7.89. The van der Waals surface area contributed by atoms with Gasteiger partial charge in [0.25, 0.3) is 10.0 Å². The zero-order valence-corrected chi connectivity index (χ0v) is 15.2. The van der Waals surface area contributed by atoms with Crippen molar-refractivity contribution < 1.29 is 16.8 Å². The number of aromatic nitrogens is 2. The predicted molar refractivity (Wildman–Crippen MR) is 92.6 cm³/mol. The highest BCUT2D eigenvalue weighted by atomic mass is 32.2. The van der Waals surface area contributed by atoms with Crippen LogP contribution in [0.5, 0.6) is 0 Å². The molecule has 0 bridgehead atoms. The van der Waals surface area contributed by atoms with E-state index in [1.165, 1.54) is 21.1 Å². The number of nitrogens with one attached hydrogen (secondary N) is 1. The molecule has 1 aromatic heterocycles. The minimum absolute atomic E-state index is 0.0214. The van der Waals surface area contributed by atoms with E-state index in [-0.39, 0.29) is 30.4 Å². The van der Waals surface area contributed by atoms with Crippen molar-refractivity contribution >= 4 is 20.0 Å². The van der Waals surface area contributed by atoms with Gasteiger partial charge in [0.2, 0.25) is 10.0 Å². The average molecular weight is 384 g/mol. The van der Waals surface area contributed by atoms with E-state index in [1.54, 1.807) is 24.3 Å². The number of nitrogens with zero attached hydrogens (tertiary/aromatic N) is 3. The lowest BCUT2D eigenvalue weighted by Crippen LogP contribution is -2.37. The number of aromatic amines is 1. The first kappa shape index (κ1) is 18.1. The van der Waals surface area contributed by atoms with Crippen molar-refractivity contribution in [1.82, 2.24) is 18.6 Å². The number of rotatable bonds is 5. The fraction of sp³-hybridized carbons (Fsp3) is 0.400. The lowest BCUT2D eigenvalue weighted by Gasteiger charge is -2.21. The molecule has 25 heavy (non-hydrogen) atoms. The molecule has 8 nitrogen and oxygen atoms in total. The van der Waals surface area contributed by atoms with Crippen LogP contribution in [0.1, 0.15) is 12.0 Å². The van der Waals surface area contributed by atoms with Gasteiger partial charge in [-0.05, 0) is 12.0 Å². The molecule has 0 radical (unpaired) electrons. The molecule has 1 aliphatic heterocycles. The molecule has 136 valence electrons. The molecule has 10 heteroatoms. The van der Waals surface area contributed by atoms with Crippen molar-refractivity contribution in [3.63, 3.8) is 0 Å². The quantitative estimate of drug-likeness (QED) is 0.815. The first-order chi connectivity index (χ1) is 11.9. The topological polar surface area (TPSA) is 103 Å². The molecule has 1 N–H and O–H groups in total. The standard InChI is InChI=1S/C15H20N4O4S2/c20-24(21,12-14-5-2-1-3-6-14)18-7-4-8-19(10-9-18)25(22,23)15-11-16-13-17-15/h1-3,5-6,11,13H,4,7-10,12H2,(H,16,17). The molecule has 1 aliphatic rings. The summed E-state index contributed by atoms with van der Waals surface area (Å²) in [5.74, 6) is -0.0822. The Morgan fingerprint density at radius 1 is 0.960 bits per heavy atom. The molecular formula is C15H20N4O4S2. The van der Waals surface area contributed by atoms with Crippen molar-refractivity contribution in [3.05, 3.63) is 48.4 Å². The van der Waals surface area contributed by atoms with E-state index in [0.717, 1.165) is 0 Å². The van der Waals surface area contributed by atoms with Crippen molar-refractivity contribution in [1.29, 1.82) is 0 Å². The van der Waals surface area contributed by atoms with Crippen LogP contribution in [0.15, 0.2) is 47.9 Å². The highest BCUT2D eigenvalue weighted by Gasteiger charge is 2.31. The summed E-state index contributed by atoms with van der Waals surface area (Å²) < 4.78 is 53.0. The summed E-state index contributed by atoms with van der Waals surface area (Å²) in [5.41, 5.74) is 0.716. The summed E-state index contributed by atoms with van der Waals surface area (Å²) in [5, 5.41) is 0.0214. The summed E-state index contributed by atoms with van der Waals surface area (Å²) in [6.07, 6.45) is 3.01. The average Bonchev–Trinajstić information content (AvgIpc) is 3.00. The minimum atomic E-state index is -3.68. The Balaban J connectivity index is 1.71.